The fourth-order valence-electron chi connectivity index (χ4n) is 2.34. The van der Waals surface area contributed by atoms with Crippen molar-refractivity contribution in [2.45, 2.75) is 0 Å². The van der Waals surface area contributed by atoms with Crippen LogP contribution in [-0.4, -0.2) is 48.2 Å². The predicted molar refractivity (Wildman–Crippen MR) is 87.3 cm³/mol. The van der Waals surface area contributed by atoms with Gasteiger partial charge in [-0.3, -0.25) is 0 Å². The molecule has 0 saturated carbocycles. The van der Waals surface area contributed by atoms with E-state index in [1.165, 1.54) is 0 Å². The molecule has 2 aromatic rings. The van der Waals surface area contributed by atoms with Crippen LogP contribution >= 0.6 is 23.2 Å². The van der Waals surface area contributed by atoms with Crippen LogP contribution < -0.4 is 14.5 Å². The first kappa shape index (κ1) is 15.1. The fourth-order valence-corrected chi connectivity index (χ4v) is 2.84. The Hall–Kier alpha value is -1.79. The first-order valence-corrected chi connectivity index (χ1v) is 7.60. The summed E-state index contributed by atoms with van der Waals surface area (Å²) < 4.78 is 5.07. The van der Waals surface area contributed by atoms with Gasteiger partial charge in [0.1, 0.15) is 5.82 Å². The van der Waals surface area contributed by atoms with Gasteiger partial charge in [0.2, 0.25) is 5.95 Å². The van der Waals surface area contributed by atoms with Crippen molar-refractivity contribution in [2.24, 2.45) is 0 Å². The lowest BCUT2D eigenvalue weighted by Gasteiger charge is -2.35. The number of anilines is 2. The monoisotopic (exact) mass is 339 g/mol. The molecule has 0 spiro atoms. The maximum absolute atomic E-state index is 6.21. The van der Waals surface area contributed by atoms with Crippen LogP contribution in [0.3, 0.4) is 0 Å². The molecule has 8 heteroatoms. The second kappa shape index (κ2) is 6.54. The standard InChI is InChI=1S/C14H15Cl2N5O/c1-22-11-8-18-14(19-9-11)21-4-2-20(3-5-21)13-12(16)6-10(15)7-17-13/h6-9H,2-5H2,1H3. The van der Waals surface area contributed by atoms with Gasteiger partial charge in [0, 0.05) is 32.4 Å². The lowest BCUT2D eigenvalue weighted by Crippen LogP contribution is -2.47. The second-order valence-corrected chi connectivity index (χ2v) is 5.70. The summed E-state index contributed by atoms with van der Waals surface area (Å²) in [7, 11) is 1.60. The van der Waals surface area contributed by atoms with E-state index in [-0.39, 0.29) is 0 Å². The maximum atomic E-state index is 6.21. The number of rotatable bonds is 3. The number of pyridine rings is 1. The summed E-state index contributed by atoms with van der Waals surface area (Å²) >= 11 is 12.1. The number of hydrogen-bond donors (Lipinski definition) is 0. The van der Waals surface area contributed by atoms with Crippen LogP contribution in [0.2, 0.25) is 10.0 Å². The molecular weight excluding hydrogens is 325 g/mol. The Morgan fingerprint density at radius 1 is 0.955 bits per heavy atom. The molecule has 0 radical (unpaired) electrons. The summed E-state index contributed by atoms with van der Waals surface area (Å²) in [6.45, 7) is 3.19. The highest BCUT2D eigenvalue weighted by Gasteiger charge is 2.21. The van der Waals surface area contributed by atoms with E-state index < -0.39 is 0 Å². The Balaban J connectivity index is 1.66. The quantitative estimate of drug-likeness (QED) is 0.856. The van der Waals surface area contributed by atoms with Gasteiger partial charge in [-0.1, -0.05) is 23.2 Å². The van der Waals surface area contributed by atoms with Gasteiger partial charge in [0.25, 0.3) is 0 Å². The number of nitrogens with zero attached hydrogens (tertiary/aromatic N) is 5. The van der Waals surface area contributed by atoms with Crippen LogP contribution in [0.25, 0.3) is 0 Å². The molecule has 1 aliphatic rings. The number of hydrogen-bond acceptors (Lipinski definition) is 6. The molecule has 0 atom stereocenters. The molecule has 0 unspecified atom stereocenters. The molecule has 0 aliphatic carbocycles. The van der Waals surface area contributed by atoms with Crippen LogP contribution in [0, 0.1) is 0 Å². The van der Waals surface area contributed by atoms with E-state index in [1.54, 1.807) is 31.8 Å². The molecule has 1 saturated heterocycles. The van der Waals surface area contributed by atoms with Crippen molar-refractivity contribution in [3.05, 3.63) is 34.7 Å². The molecule has 3 rings (SSSR count). The van der Waals surface area contributed by atoms with Crippen molar-refractivity contribution >= 4 is 35.0 Å². The molecule has 0 bridgehead atoms. The Bertz CT molecular complexity index is 644. The zero-order chi connectivity index (χ0) is 15.5. The first-order valence-electron chi connectivity index (χ1n) is 6.84. The highest BCUT2D eigenvalue weighted by atomic mass is 35.5. The number of aromatic nitrogens is 3. The van der Waals surface area contributed by atoms with Crippen LogP contribution in [0.5, 0.6) is 5.75 Å². The minimum atomic E-state index is 0.541. The molecule has 1 aliphatic heterocycles. The summed E-state index contributed by atoms with van der Waals surface area (Å²) in [6, 6.07) is 1.71. The summed E-state index contributed by atoms with van der Waals surface area (Å²) in [5.41, 5.74) is 0. The summed E-state index contributed by atoms with van der Waals surface area (Å²) in [4.78, 5) is 17.2. The molecule has 3 heterocycles. The fraction of sp³-hybridized carbons (Fsp3) is 0.357. The topological polar surface area (TPSA) is 54.4 Å². The van der Waals surface area contributed by atoms with Crippen molar-refractivity contribution < 1.29 is 4.74 Å². The first-order chi connectivity index (χ1) is 10.7. The molecule has 1 fully saturated rings. The molecular formula is C14H15Cl2N5O. The summed E-state index contributed by atoms with van der Waals surface area (Å²) in [5.74, 6) is 2.12. The minimum absolute atomic E-state index is 0.541. The van der Waals surface area contributed by atoms with Crippen LogP contribution in [-0.2, 0) is 0 Å². The number of ether oxygens (including phenoxy) is 1. The van der Waals surface area contributed by atoms with Gasteiger partial charge in [-0.25, -0.2) is 15.0 Å². The van der Waals surface area contributed by atoms with E-state index in [9.17, 15) is 0 Å². The number of halogens is 2. The van der Waals surface area contributed by atoms with Crippen LogP contribution in [0.4, 0.5) is 11.8 Å². The molecule has 0 N–H and O–H groups in total. The lowest BCUT2D eigenvalue weighted by atomic mass is 10.3. The van der Waals surface area contributed by atoms with E-state index >= 15 is 0 Å². The Kier molecular flexibility index (Phi) is 4.49. The van der Waals surface area contributed by atoms with Crippen molar-refractivity contribution in [1.82, 2.24) is 15.0 Å². The third kappa shape index (κ3) is 3.18. The Labute approximate surface area is 138 Å². The third-order valence-corrected chi connectivity index (χ3v) is 3.99. The maximum Gasteiger partial charge on any atom is 0.225 e. The summed E-state index contributed by atoms with van der Waals surface area (Å²) in [5, 5.41) is 1.11. The van der Waals surface area contributed by atoms with Gasteiger partial charge in [-0.15, -0.1) is 0 Å². The van der Waals surface area contributed by atoms with E-state index in [0.29, 0.717) is 21.7 Å². The summed E-state index contributed by atoms with van der Waals surface area (Å²) in [6.07, 6.45) is 4.96. The molecule has 6 nitrogen and oxygen atoms in total. The molecule has 2 aromatic heterocycles. The zero-order valence-corrected chi connectivity index (χ0v) is 13.5. The van der Waals surface area contributed by atoms with E-state index in [1.807, 2.05) is 0 Å². The van der Waals surface area contributed by atoms with E-state index in [2.05, 4.69) is 24.8 Å². The minimum Gasteiger partial charge on any atom is -0.494 e. The van der Waals surface area contributed by atoms with Gasteiger partial charge in [-0.2, -0.15) is 0 Å². The van der Waals surface area contributed by atoms with Gasteiger partial charge < -0.3 is 14.5 Å². The average molecular weight is 340 g/mol. The van der Waals surface area contributed by atoms with Crippen LogP contribution in [0.1, 0.15) is 0 Å². The molecule has 22 heavy (non-hydrogen) atoms. The van der Waals surface area contributed by atoms with Gasteiger partial charge in [0.05, 0.1) is 29.5 Å². The van der Waals surface area contributed by atoms with Crippen LogP contribution in [0.15, 0.2) is 24.7 Å². The smallest absolute Gasteiger partial charge is 0.225 e. The normalized spacial score (nSPS) is 15.0. The average Bonchev–Trinajstić information content (AvgIpc) is 2.55. The molecule has 0 aromatic carbocycles. The van der Waals surface area contributed by atoms with Crippen molar-refractivity contribution in [2.75, 3.05) is 43.1 Å². The SMILES string of the molecule is COc1cnc(N2CCN(c3ncc(Cl)cc3Cl)CC2)nc1. The van der Waals surface area contributed by atoms with E-state index in [4.69, 9.17) is 27.9 Å². The van der Waals surface area contributed by atoms with Gasteiger partial charge >= 0.3 is 0 Å². The van der Waals surface area contributed by atoms with Gasteiger partial charge in [0.15, 0.2) is 5.75 Å². The molecule has 116 valence electrons. The highest BCUT2D eigenvalue weighted by Crippen LogP contribution is 2.27. The van der Waals surface area contributed by atoms with Crippen molar-refractivity contribution in [3.8, 4) is 5.75 Å². The highest BCUT2D eigenvalue weighted by molar-refractivity contribution is 6.36. The van der Waals surface area contributed by atoms with Gasteiger partial charge in [-0.05, 0) is 6.07 Å². The van der Waals surface area contributed by atoms with E-state index in [0.717, 1.165) is 32.0 Å². The Morgan fingerprint density at radius 3 is 2.18 bits per heavy atom. The molecule has 0 amide bonds. The third-order valence-electron chi connectivity index (χ3n) is 3.50. The number of piperazine rings is 1. The second-order valence-electron chi connectivity index (χ2n) is 4.86. The van der Waals surface area contributed by atoms with Crippen molar-refractivity contribution in [3.63, 3.8) is 0 Å². The van der Waals surface area contributed by atoms with Crippen molar-refractivity contribution in [1.29, 1.82) is 0 Å². The lowest BCUT2D eigenvalue weighted by molar-refractivity contribution is 0.410. The zero-order valence-electron chi connectivity index (χ0n) is 12.0. The number of methoxy groups -OCH3 is 1. The largest absolute Gasteiger partial charge is 0.494 e. The Morgan fingerprint density at radius 2 is 1.59 bits per heavy atom. The predicted octanol–water partition coefficient (Wildman–Crippen LogP) is 2.51.